The number of nitrogens with one attached hydrogen (secondary N) is 4. The molecule has 0 bridgehead atoms. The number of hydrogen-bond acceptors (Lipinski definition) is 21. The molecule has 136 heavy (non-hydrogen) atoms. The van der Waals surface area contributed by atoms with Crippen LogP contribution in [0.4, 0.5) is 17.6 Å². The van der Waals surface area contributed by atoms with Crippen LogP contribution in [0, 0.1) is 66.7 Å². The molecule has 0 aliphatic carbocycles. The van der Waals surface area contributed by atoms with Gasteiger partial charge in [-0.25, -0.2) is 27.2 Å². The van der Waals surface area contributed by atoms with Gasteiger partial charge in [0.1, 0.15) is 77.1 Å². The SMILES string of the molecule is C.CCCN(C(=O)[C@H](C(C)C)N(C)C(=O)[C@@H](N)Cc1ccc(F)cc1)[C@@H](Cc1ccc(O)c(C)c1)C(N)=O.CCCN(C(=O)[C@H](C(C)C)N(C)C(=O)[C@H](Cc1ccc(F)cc1)NC)[C@@H](Cc1ccc(O)c(C)c1)C(N)=O.CN[C@@H](Cc1ccc(F)cc1)C(=O)N(C)[C@H](C(=O)O)C(C)C.CN[C@@H](Cc1ccc(F)cc1)C(=O)N(C)[C@H](C(=O)OC)C(C)C.CN[C@H](C(=O)OC)C(C)C.[Na+].[OH-].[V].[V].[V]. The van der Waals surface area contributed by atoms with E-state index in [-0.39, 0.29) is 230 Å². The number of esters is 2. The molecule has 0 fully saturated rings. The van der Waals surface area contributed by atoms with Crippen molar-refractivity contribution in [2.24, 2.45) is 46.8 Å². The van der Waals surface area contributed by atoms with E-state index in [2.05, 4.69) is 26.0 Å². The Morgan fingerprint density at radius 3 is 0.860 bits per heavy atom. The minimum atomic E-state index is -1.03. The molecule has 6 rings (SSSR count). The average molecular weight is 2030 g/mol. The maximum atomic E-state index is 14.0. The van der Waals surface area contributed by atoms with Gasteiger partial charge in [0.05, 0.1) is 38.4 Å². The van der Waals surface area contributed by atoms with Gasteiger partial charge in [0.2, 0.25) is 47.3 Å². The van der Waals surface area contributed by atoms with Crippen molar-refractivity contribution < 1.29 is 186 Å². The normalized spacial score (nSPS) is 13.0. The summed E-state index contributed by atoms with van der Waals surface area (Å²) in [7, 11) is 15.7. The van der Waals surface area contributed by atoms with Gasteiger partial charge in [0.25, 0.3) is 0 Å². The van der Waals surface area contributed by atoms with E-state index in [1.54, 1.807) is 155 Å². The van der Waals surface area contributed by atoms with Crippen molar-refractivity contribution in [1.82, 2.24) is 50.7 Å². The predicted molar refractivity (Wildman–Crippen MR) is 504 cm³/mol. The number of aliphatic carboxylic acids is 1. The summed E-state index contributed by atoms with van der Waals surface area (Å²) >= 11 is 0. The number of rotatable bonds is 42. The number of nitrogens with two attached hydrogens (primary N) is 3. The summed E-state index contributed by atoms with van der Waals surface area (Å²) in [6.45, 7) is 26.4. The molecule has 11 atom stereocenters. The zero-order chi connectivity index (χ0) is 99.0. The number of carboxylic acid groups (broad SMARTS) is 1. The number of nitrogens with zero attached hydrogens (tertiary/aromatic N) is 6. The van der Waals surface area contributed by atoms with Crippen LogP contribution in [-0.2, 0) is 156 Å². The van der Waals surface area contributed by atoms with Gasteiger partial charge in [-0.2, -0.15) is 0 Å². The number of benzene rings is 6. The molecular formula is C98H148F4N13NaO17V3. The Hall–Kier alpha value is -8.68. The minimum Gasteiger partial charge on any atom is -0.870 e. The summed E-state index contributed by atoms with van der Waals surface area (Å²) in [6, 6.07) is 25.7. The van der Waals surface area contributed by atoms with Gasteiger partial charge in [0.15, 0.2) is 0 Å². The predicted octanol–water partition coefficient (Wildman–Crippen LogP) is 6.31. The van der Waals surface area contributed by atoms with Crippen LogP contribution in [0.1, 0.15) is 148 Å². The van der Waals surface area contributed by atoms with Gasteiger partial charge in [0, 0.05) is 110 Å². The van der Waals surface area contributed by atoms with Crippen LogP contribution in [0.25, 0.3) is 0 Å². The van der Waals surface area contributed by atoms with Crippen LogP contribution in [0.2, 0.25) is 0 Å². The Morgan fingerprint density at radius 2 is 0.640 bits per heavy atom. The molecule has 0 aliphatic rings. The molecule has 751 valence electrons. The number of carbonyl (C=O) groups is 11. The summed E-state index contributed by atoms with van der Waals surface area (Å²) in [5.41, 5.74) is 23.7. The Kier molecular flexibility index (Phi) is 68.3. The molecule has 0 saturated heterocycles. The monoisotopic (exact) mass is 2030 g/mol. The van der Waals surface area contributed by atoms with E-state index in [4.69, 9.17) is 21.9 Å². The summed E-state index contributed by atoms with van der Waals surface area (Å²) in [4.78, 5) is 148. The number of phenols is 2. The fourth-order valence-electron chi connectivity index (χ4n) is 15.1. The number of methoxy groups -OCH3 is 2. The Balaban J connectivity index is -0.000000546. The van der Waals surface area contributed by atoms with Crippen LogP contribution < -0.4 is 68.0 Å². The molecule has 6 aromatic carbocycles. The molecule has 38 heteroatoms. The van der Waals surface area contributed by atoms with E-state index in [9.17, 15) is 85.6 Å². The maximum absolute atomic E-state index is 14.0. The molecule has 0 aromatic heterocycles. The van der Waals surface area contributed by atoms with Crippen molar-refractivity contribution in [3.05, 3.63) is 201 Å². The molecule has 0 aliphatic heterocycles. The fraction of sp³-hybridized carbons (Fsp3) is 0.520. The number of phenolic OH excluding ortho intramolecular Hbond substituents is 2. The minimum absolute atomic E-state index is 0. The number of carbonyl (C=O) groups excluding carboxylic acids is 10. The Morgan fingerprint density at radius 1 is 0.382 bits per heavy atom. The van der Waals surface area contributed by atoms with E-state index in [0.29, 0.717) is 55.3 Å². The number of aromatic hydroxyl groups is 2. The zero-order valence-corrected chi connectivity index (χ0v) is 89.1. The first-order valence-electron chi connectivity index (χ1n) is 43.6. The van der Waals surface area contributed by atoms with Crippen molar-refractivity contribution in [3.63, 3.8) is 0 Å². The first kappa shape index (κ1) is 136. The van der Waals surface area contributed by atoms with Crippen molar-refractivity contribution >= 4 is 65.2 Å². The molecule has 3 radical (unpaired) electrons. The second kappa shape index (κ2) is 68.4. The van der Waals surface area contributed by atoms with E-state index in [1.807, 2.05) is 69.2 Å². The first-order valence-corrected chi connectivity index (χ1v) is 43.6. The Labute approximate surface area is 860 Å². The number of amides is 8. The second-order valence-electron chi connectivity index (χ2n) is 33.9. The molecule has 30 nitrogen and oxygen atoms in total. The van der Waals surface area contributed by atoms with Crippen LogP contribution in [0.3, 0.4) is 0 Å². The smallest absolute Gasteiger partial charge is 0.870 e. The van der Waals surface area contributed by atoms with Crippen molar-refractivity contribution in [3.8, 4) is 11.5 Å². The standard InChI is InChI=1S/C29H41FN4O4.C28H39FN4O4.C17H25FN2O3.C16H23FN2O3.C7H15NO2.CH4.Na.H2O.3V/c1-7-14-34(24(27(31)36)17-21-10-13-25(35)19(4)15-21)29(38)26(18(2)3)33(6)28(37)23(32-5)16-20-8-11-22(30)12-9-20;1-6-13-33(23(26(31)35)16-20-9-12-24(34)18(4)14-20)28(37)25(17(2)3)32(5)27(36)22(30)15-19-7-10-21(29)11-8-19;1-11(2)15(17(22)23-5)20(4)16(21)14(19-3)10-12-6-8-13(18)9-7-12;1-10(2)14(16(21)22)19(4)15(20)13(18-3)9-11-5-7-12(17)8-6-11;1-5(2)6(8-3)7(9)10-4;;;;;;/h8-13,15,18,23-24,26,32,35H,7,14,16-17H2,1-6H3,(H2,31,36);7-12,14,17,22-23,25,34H,6,13,15-16,30H2,1-5H3,(H2,31,35);6-9,11,14-15,19H,10H2,1-5H3;5-8,10,13-14,18H,9H2,1-4H3,(H,21,22);5-6,8H,1-4H3;1H4;;1H2;;;/q;;;;;;+1;;;;/p-1/t23-,24-,26-;22-,23-,25-;14-,15-;13-,14-;6-;;;;;;/m00000....../s1. The first-order chi connectivity index (χ1) is 61.0. The van der Waals surface area contributed by atoms with E-state index < -0.39 is 90.1 Å². The summed E-state index contributed by atoms with van der Waals surface area (Å²) < 4.78 is 61.8. The van der Waals surface area contributed by atoms with Crippen LogP contribution in [-0.4, -0.2) is 266 Å². The maximum Gasteiger partial charge on any atom is 1.00 e. The van der Waals surface area contributed by atoms with Gasteiger partial charge >= 0.3 is 47.5 Å². The van der Waals surface area contributed by atoms with E-state index in [0.717, 1.165) is 27.8 Å². The molecule has 0 spiro atoms. The van der Waals surface area contributed by atoms with Crippen LogP contribution >= 0.6 is 0 Å². The fourth-order valence-corrected chi connectivity index (χ4v) is 15.1. The van der Waals surface area contributed by atoms with Gasteiger partial charge in [-0.3, -0.25) is 43.2 Å². The molecule has 0 unspecified atom stereocenters. The van der Waals surface area contributed by atoms with Crippen LogP contribution in [0.5, 0.6) is 11.5 Å². The summed E-state index contributed by atoms with van der Waals surface area (Å²) in [5, 5.41) is 40.7. The number of aryl methyl sites for hydroxylation is 2. The number of carboxylic acids is 1. The third kappa shape index (κ3) is 43.4. The molecule has 0 heterocycles. The molecular weight excluding hydrogens is 1880 g/mol. The second-order valence-corrected chi connectivity index (χ2v) is 33.9. The number of ether oxygens (including phenoxy) is 2. The van der Waals surface area contributed by atoms with Crippen LogP contribution in [0.15, 0.2) is 133 Å². The molecule has 8 amide bonds. The molecule has 0 saturated carbocycles. The Bertz CT molecular complexity index is 4600. The average Bonchev–Trinajstić information content (AvgIpc) is 0.803. The third-order valence-electron chi connectivity index (χ3n) is 22.2. The topological polar surface area (TPSA) is 443 Å². The number of hydrogen-bond donors (Lipinski definition) is 10. The van der Waals surface area contributed by atoms with E-state index >= 15 is 0 Å². The van der Waals surface area contributed by atoms with Gasteiger partial charge in [-0.05, 0) is 215 Å². The number of primary amides is 2. The number of halogens is 4. The van der Waals surface area contributed by atoms with Gasteiger partial charge < -0.3 is 98.1 Å². The van der Waals surface area contributed by atoms with Crippen molar-refractivity contribution in [2.45, 2.75) is 222 Å². The van der Waals surface area contributed by atoms with Crippen molar-refractivity contribution in [2.75, 3.05) is 83.7 Å². The molecule has 14 N–H and O–H groups in total. The van der Waals surface area contributed by atoms with Crippen molar-refractivity contribution in [1.29, 1.82) is 0 Å². The van der Waals surface area contributed by atoms with Gasteiger partial charge in [-0.15, -0.1) is 0 Å². The number of likely N-dealkylation sites (N-methyl/N-ethyl adjacent to an activating group) is 8. The summed E-state index contributed by atoms with van der Waals surface area (Å²) in [6.07, 6.45) is 2.82. The van der Waals surface area contributed by atoms with Gasteiger partial charge in [-0.1, -0.05) is 163 Å². The quantitative estimate of drug-likeness (QED) is 0.0114. The zero-order valence-electron chi connectivity index (χ0n) is 82.9. The molecule has 6 aromatic rings. The third-order valence-corrected chi connectivity index (χ3v) is 22.2. The summed E-state index contributed by atoms with van der Waals surface area (Å²) in [5.74, 6) is -6.54. The largest absolute Gasteiger partial charge is 1.00 e. The van der Waals surface area contributed by atoms with E-state index in [1.165, 1.54) is 106 Å².